The van der Waals surface area contributed by atoms with Gasteiger partial charge >= 0.3 is 6.18 Å². The Hall–Kier alpha value is -2.39. The zero-order valence-corrected chi connectivity index (χ0v) is 16.9. The van der Waals surface area contributed by atoms with Gasteiger partial charge in [0.2, 0.25) is 15.9 Å². The predicted molar refractivity (Wildman–Crippen MR) is 104 cm³/mol. The van der Waals surface area contributed by atoms with Crippen LogP contribution in [0.4, 0.5) is 13.2 Å². The molecule has 2 N–H and O–H groups in total. The Morgan fingerprint density at radius 2 is 1.59 bits per heavy atom. The molecule has 1 unspecified atom stereocenters. The molecule has 0 aromatic heterocycles. The van der Waals surface area contributed by atoms with Gasteiger partial charge in [-0.2, -0.15) is 13.2 Å². The molecule has 1 amide bonds. The van der Waals surface area contributed by atoms with Crippen LogP contribution >= 0.6 is 0 Å². The number of hydrogen-bond donors (Lipinski definition) is 2. The van der Waals surface area contributed by atoms with Crippen molar-refractivity contribution in [2.24, 2.45) is 0 Å². The second kappa shape index (κ2) is 9.41. The summed E-state index contributed by atoms with van der Waals surface area (Å²) < 4.78 is 64.5. The molecule has 0 aliphatic rings. The minimum Gasteiger partial charge on any atom is -0.355 e. The SMILES string of the molecule is Cc1ccc(S(=O)(=O)NCCNC(=O)CC(C)c2ccc(C(F)(F)F)cc2)cc1. The number of carbonyl (C=O) groups is 1. The molecule has 2 aromatic carbocycles. The van der Waals surface area contributed by atoms with Crippen LogP contribution < -0.4 is 10.0 Å². The van der Waals surface area contributed by atoms with Gasteiger partial charge in [0.15, 0.2) is 0 Å². The number of sulfonamides is 1. The number of hydrogen-bond acceptors (Lipinski definition) is 3. The number of aryl methyl sites for hydroxylation is 1. The van der Waals surface area contributed by atoms with E-state index in [1.54, 1.807) is 19.1 Å². The lowest BCUT2D eigenvalue weighted by Gasteiger charge is -2.14. The van der Waals surface area contributed by atoms with E-state index in [4.69, 9.17) is 0 Å². The van der Waals surface area contributed by atoms with Gasteiger partial charge in [-0.15, -0.1) is 0 Å². The number of alkyl halides is 3. The van der Waals surface area contributed by atoms with Crippen molar-refractivity contribution in [1.29, 1.82) is 0 Å². The first-order valence-corrected chi connectivity index (χ1v) is 10.5. The average molecular weight is 428 g/mol. The number of amides is 1. The molecule has 0 spiro atoms. The fourth-order valence-electron chi connectivity index (χ4n) is 2.66. The number of nitrogens with one attached hydrogen (secondary N) is 2. The van der Waals surface area contributed by atoms with E-state index in [0.717, 1.165) is 17.7 Å². The van der Waals surface area contributed by atoms with Crippen LogP contribution in [0.1, 0.15) is 36.0 Å². The van der Waals surface area contributed by atoms with E-state index in [2.05, 4.69) is 10.0 Å². The molecular formula is C20H23F3N2O3S. The van der Waals surface area contributed by atoms with Crippen LogP contribution in [0.5, 0.6) is 0 Å². The monoisotopic (exact) mass is 428 g/mol. The summed E-state index contributed by atoms with van der Waals surface area (Å²) in [6.45, 7) is 3.72. The lowest BCUT2D eigenvalue weighted by Crippen LogP contribution is -2.35. The molecule has 0 bridgehead atoms. The van der Waals surface area contributed by atoms with E-state index >= 15 is 0 Å². The summed E-state index contributed by atoms with van der Waals surface area (Å²) in [5, 5.41) is 2.61. The largest absolute Gasteiger partial charge is 0.416 e. The first-order valence-electron chi connectivity index (χ1n) is 8.99. The van der Waals surface area contributed by atoms with E-state index in [0.29, 0.717) is 5.56 Å². The number of rotatable bonds is 8. The van der Waals surface area contributed by atoms with Gasteiger partial charge < -0.3 is 5.32 Å². The first kappa shape index (κ1) is 22.9. The molecular weight excluding hydrogens is 405 g/mol. The van der Waals surface area contributed by atoms with Gasteiger partial charge in [-0.1, -0.05) is 36.8 Å². The smallest absolute Gasteiger partial charge is 0.355 e. The quantitative estimate of drug-likeness (QED) is 0.631. The lowest BCUT2D eigenvalue weighted by atomic mass is 9.96. The van der Waals surface area contributed by atoms with Crippen molar-refractivity contribution in [3.63, 3.8) is 0 Å². The second-order valence-electron chi connectivity index (χ2n) is 6.79. The number of benzene rings is 2. The molecule has 5 nitrogen and oxygen atoms in total. The zero-order chi connectivity index (χ0) is 21.7. The van der Waals surface area contributed by atoms with E-state index in [1.807, 2.05) is 6.92 Å². The summed E-state index contributed by atoms with van der Waals surface area (Å²) in [7, 11) is -3.65. The molecule has 1 atom stereocenters. The van der Waals surface area contributed by atoms with Crippen molar-refractivity contribution in [2.45, 2.75) is 37.3 Å². The molecule has 0 heterocycles. The third kappa shape index (κ3) is 6.86. The van der Waals surface area contributed by atoms with Crippen molar-refractivity contribution >= 4 is 15.9 Å². The molecule has 2 aromatic rings. The summed E-state index contributed by atoms with van der Waals surface area (Å²) in [6.07, 6.45) is -4.32. The minimum atomic E-state index is -4.40. The molecule has 158 valence electrons. The Labute approximate surface area is 168 Å². The zero-order valence-electron chi connectivity index (χ0n) is 16.1. The van der Waals surface area contributed by atoms with Crippen LogP contribution in [0.2, 0.25) is 0 Å². The lowest BCUT2D eigenvalue weighted by molar-refractivity contribution is -0.137. The van der Waals surface area contributed by atoms with Gasteiger partial charge in [0.05, 0.1) is 10.5 Å². The molecule has 2 rings (SSSR count). The topological polar surface area (TPSA) is 75.3 Å². The van der Waals surface area contributed by atoms with E-state index in [9.17, 15) is 26.4 Å². The summed E-state index contributed by atoms with van der Waals surface area (Å²) in [6, 6.07) is 11.1. The maximum absolute atomic E-state index is 12.6. The predicted octanol–water partition coefficient (Wildman–Crippen LogP) is 3.60. The Kier molecular flexibility index (Phi) is 7.43. The average Bonchev–Trinajstić information content (AvgIpc) is 2.65. The molecule has 0 radical (unpaired) electrons. The highest BCUT2D eigenvalue weighted by Crippen LogP contribution is 2.30. The first-order chi connectivity index (χ1) is 13.5. The van der Waals surface area contributed by atoms with Gasteiger partial charge in [0.1, 0.15) is 0 Å². The fourth-order valence-corrected chi connectivity index (χ4v) is 3.69. The van der Waals surface area contributed by atoms with Gasteiger partial charge in [-0.05, 0) is 42.7 Å². The highest BCUT2D eigenvalue weighted by atomic mass is 32.2. The van der Waals surface area contributed by atoms with Gasteiger partial charge in [0.25, 0.3) is 0 Å². The Morgan fingerprint density at radius 1 is 1.00 bits per heavy atom. The van der Waals surface area contributed by atoms with Crippen molar-refractivity contribution in [1.82, 2.24) is 10.0 Å². The molecule has 0 aliphatic heterocycles. The maximum atomic E-state index is 12.6. The van der Waals surface area contributed by atoms with Crippen LogP contribution in [0.25, 0.3) is 0 Å². The molecule has 29 heavy (non-hydrogen) atoms. The molecule has 0 aliphatic carbocycles. The van der Waals surface area contributed by atoms with E-state index in [-0.39, 0.29) is 36.2 Å². The summed E-state index contributed by atoms with van der Waals surface area (Å²) in [5.74, 6) is -0.589. The van der Waals surface area contributed by atoms with Gasteiger partial charge in [-0.25, -0.2) is 13.1 Å². The van der Waals surface area contributed by atoms with Crippen LogP contribution in [0.3, 0.4) is 0 Å². The summed E-state index contributed by atoms with van der Waals surface area (Å²) in [4.78, 5) is 12.2. The Bertz CT molecular complexity index is 925. The highest BCUT2D eigenvalue weighted by Gasteiger charge is 2.30. The van der Waals surface area contributed by atoms with Crippen LogP contribution in [0, 0.1) is 6.92 Å². The third-order valence-electron chi connectivity index (χ3n) is 4.37. The molecule has 9 heteroatoms. The van der Waals surface area contributed by atoms with Crippen molar-refractivity contribution < 1.29 is 26.4 Å². The number of carbonyl (C=O) groups excluding carboxylic acids is 1. The van der Waals surface area contributed by atoms with Gasteiger partial charge in [0, 0.05) is 19.5 Å². The van der Waals surface area contributed by atoms with E-state index in [1.165, 1.54) is 24.3 Å². The summed E-state index contributed by atoms with van der Waals surface area (Å²) in [5.41, 5.74) is 0.824. The standard InChI is InChI=1S/C20H23F3N2O3S/c1-14-3-9-18(10-4-14)29(27,28)25-12-11-24-19(26)13-15(2)16-5-7-17(8-6-16)20(21,22)23/h3-10,15,25H,11-13H2,1-2H3,(H,24,26). The fraction of sp³-hybridized carbons (Fsp3) is 0.350. The molecule has 0 fully saturated rings. The molecule has 0 saturated heterocycles. The Balaban J connectivity index is 1.78. The van der Waals surface area contributed by atoms with Gasteiger partial charge in [-0.3, -0.25) is 4.79 Å². The maximum Gasteiger partial charge on any atom is 0.416 e. The minimum absolute atomic E-state index is 0.0244. The third-order valence-corrected chi connectivity index (χ3v) is 5.85. The van der Waals surface area contributed by atoms with Crippen LogP contribution in [0.15, 0.2) is 53.4 Å². The summed E-state index contributed by atoms with van der Waals surface area (Å²) >= 11 is 0. The van der Waals surface area contributed by atoms with Crippen LogP contribution in [-0.2, 0) is 21.0 Å². The van der Waals surface area contributed by atoms with Crippen molar-refractivity contribution in [3.05, 3.63) is 65.2 Å². The Morgan fingerprint density at radius 3 is 2.14 bits per heavy atom. The normalized spacial score (nSPS) is 13.1. The number of halogens is 3. The molecule has 0 saturated carbocycles. The second-order valence-corrected chi connectivity index (χ2v) is 8.55. The highest BCUT2D eigenvalue weighted by molar-refractivity contribution is 7.89. The van der Waals surface area contributed by atoms with Crippen molar-refractivity contribution in [3.8, 4) is 0 Å². The van der Waals surface area contributed by atoms with Crippen LogP contribution in [-0.4, -0.2) is 27.4 Å². The van der Waals surface area contributed by atoms with E-state index < -0.39 is 21.8 Å². The van der Waals surface area contributed by atoms with Crippen molar-refractivity contribution in [2.75, 3.05) is 13.1 Å².